The van der Waals surface area contributed by atoms with E-state index < -0.39 is 14.0 Å². The second-order valence-electron chi connectivity index (χ2n) is 9.13. The van der Waals surface area contributed by atoms with Crippen molar-refractivity contribution in [2.24, 2.45) is 0 Å². The molecule has 7 nitrogen and oxygen atoms in total. The van der Waals surface area contributed by atoms with Crippen molar-refractivity contribution in [3.05, 3.63) is 47.7 Å². The Hall–Kier alpha value is -2.78. The number of aromatic nitrogens is 3. The van der Waals surface area contributed by atoms with Crippen LogP contribution in [0.1, 0.15) is 23.0 Å². The van der Waals surface area contributed by atoms with Gasteiger partial charge in [0.2, 0.25) is 0 Å². The van der Waals surface area contributed by atoms with E-state index in [1.54, 1.807) is 29.7 Å². The number of esters is 1. The van der Waals surface area contributed by atoms with E-state index in [4.69, 9.17) is 9.47 Å². The van der Waals surface area contributed by atoms with Crippen LogP contribution in [0.4, 0.5) is 15.9 Å². The number of hydrogen-bond acceptors (Lipinski definition) is 6. The second kappa shape index (κ2) is 8.99. The molecule has 1 aliphatic heterocycles. The molecule has 1 aliphatic rings. The van der Waals surface area contributed by atoms with Crippen molar-refractivity contribution < 1.29 is 18.7 Å². The molecule has 32 heavy (non-hydrogen) atoms. The van der Waals surface area contributed by atoms with Gasteiger partial charge in [-0.2, -0.15) is 0 Å². The first-order valence-corrected chi connectivity index (χ1v) is 14.6. The summed E-state index contributed by atoms with van der Waals surface area (Å²) in [6.45, 7) is 10.4. The number of nitrogens with zero attached hydrogens (tertiary/aromatic N) is 4. The Bertz CT molecular complexity index is 1140. The van der Waals surface area contributed by atoms with Gasteiger partial charge in [0.25, 0.3) is 0 Å². The molecular weight excluding hydrogens is 427 g/mol. The smallest absolute Gasteiger partial charge is 0.355 e. The van der Waals surface area contributed by atoms with E-state index in [2.05, 4.69) is 29.6 Å². The van der Waals surface area contributed by atoms with Gasteiger partial charge < -0.3 is 18.9 Å². The first-order chi connectivity index (χ1) is 15.3. The van der Waals surface area contributed by atoms with Crippen molar-refractivity contribution in [1.29, 1.82) is 0 Å². The topological polar surface area (TPSA) is 69.5 Å². The maximum Gasteiger partial charge on any atom is 0.355 e. The molecule has 170 valence electrons. The molecule has 1 aromatic carbocycles. The normalized spacial score (nSPS) is 13.6. The molecule has 3 heterocycles. The summed E-state index contributed by atoms with van der Waals surface area (Å²) >= 11 is 0. The van der Waals surface area contributed by atoms with Crippen molar-refractivity contribution in [3.8, 4) is 0 Å². The number of halogens is 1. The Labute approximate surface area is 188 Å². The van der Waals surface area contributed by atoms with E-state index in [-0.39, 0.29) is 19.2 Å². The molecule has 4 rings (SSSR count). The van der Waals surface area contributed by atoms with Gasteiger partial charge in [0.05, 0.1) is 12.1 Å². The average Bonchev–Trinajstić information content (AvgIpc) is 3.31. The van der Waals surface area contributed by atoms with Gasteiger partial charge >= 0.3 is 5.97 Å². The molecular formula is C23H29FN4O3Si. The van der Waals surface area contributed by atoms with Crippen LogP contribution in [0.2, 0.25) is 25.7 Å². The predicted molar refractivity (Wildman–Crippen MR) is 125 cm³/mol. The molecule has 3 aromatic rings. The van der Waals surface area contributed by atoms with Crippen LogP contribution in [0, 0.1) is 5.82 Å². The summed E-state index contributed by atoms with van der Waals surface area (Å²) in [4.78, 5) is 23.7. The lowest BCUT2D eigenvalue weighted by atomic mass is 10.2. The SMILES string of the molecule is CCOC(=O)c1cc2ncnc(N3CCc4cc(F)ccc43)c2n1COCC[Si](C)(C)C. The minimum atomic E-state index is -1.25. The number of fused-ring (bicyclic) bond motifs is 2. The minimum absolute atomic E-state index is 0.201. The van der Waals surface area contributed by atoms with E-state index in [0.717, 1.165) is 23.7 Å². The molecule has 0 atom stereocenters. The summed E-state index contributed by atoms with van der Waals surface area (Å²) in [6.07, 6.45) is 2.21. The molecule has 0 saturated heterocycles. The molecule has 0 unspecified atom stereocenters. The highest BCUT2D eigenvalue weighted by Crippen LogP contribution is 2.37. The second-order valence-corrected chi connectivity index (χ2v) is 14.8. The number of carbonyl (C=O) groups excluding carboxylic acids is 1. The highest BCUT2D eigenvalue weighted by atomic mass is 28.3. The monoisotopic (exact) mass is 456 g/mol. The molecule has 0 fully saturated rings. The van der Waals surface area contributed by atoms with E-state index in [1.807, 2.05) is 4.90 Å². The molecule has 9 heteroatoms. The van der Waals surface area contributed by atoms with Crippen molar-refractivity contribution in [2.45, 2.75) is 45.8 Å². The zero-order valence-corrected chi connectivity index (χ0v) is 20.0. The number of hydrogen-bond donors (Lipinski definition) is 0. The third-order valence-electron chi connectivity index (χ3n) is 5.56. The fraction of sp³-hybridized carbons (Fsp3) is 0.435. The Morgan fingerprint density at radius 1 is 1.22 bits per heavy atom. The van der Waals surface area contributed by atoms with Crippen LogP contribution < -0.4 is 4.90 Å². The van der Waals surface area contributed by atoms with Crippen LogP contribution in [0.25, 0.3) is 11.0 Å². The van der Waals surface area contributed by atoms with Crippen LogP contribution in [0.3, 0.4) is 0 Å². The van der Waals surface area contributed by atoms with E-state index >= 15 is 0 Å². The van der Waals surface area contributed by atoms with Gasteiger partial charge in [0, 0.05) is 26.9 Å². The number of rotatable bonds is 8. The van der Waals surface area contributed by atoms with Crippen LogP contribution in [-0.4, -0.2) is 48.3 Å². The molecule has 2 aromatic heterocycles. The maximum atomic E-state index is 13.7. The molecule has 0 amide bonds. The van der Waals surface area contributed by atoms with Gasteiger partial charge in [-0.3, -0.25) is 0 Å². The van der Waals surface area contributed by atoms with Crippen LogP contribution in [0.15, 0.2) is 30.6 Å². The quantitative estimate of drug-likeness (QED) is 0.277. The number of ether oxygens (including phenoxy) is 2. The van der Waals surface area contributed by atoms with Crippen LogP contribution in [-0.2, 0) is 22.6 Å². The molecule has 0 saturated carbocycles. The number of carbonyl (C=O) groups is 1. The van der Waals surface area contributed by atoms with Gasteiger partial charge in [-0.05, 0) is 49.2 Å². The first kappa shape index (κ1) is 22.4. The lowest BCUT2D eigenvalue weighted by Crippen LogP contribution is -2.23. The molecule has 0 bridgehead atoms. The fourth-order valence-corrected chi connectivity index (χ4v) is 4.66. The van der Waals surface area contributed by atoms with Crippen molar-refractivity contribution in [2.75, 3.05) is 24.7 Å². The lowest BCUT2D eigenvalue weighted by molar-refractivity contribution is 0.0478. The zero-order valence-electron chi connectivity index (χ0n) is 19.0. The summed E-state index contributed by atoms with van der Waals surface area (Å²) in [7, 11) is -1.25. The summed E-state index contributed by atoms with van der Waals surface area (Å²) in [5.41, 5.74) is 3.58. The lowest BCUT2D eigenvalue weighted by Gasteiger charge is -2.21. The summed E-state index contributed by atoms with van der Waals surface area (Å²) in [5, 5.41) is 0. The highest BCUT2D eigenvalue weighted by Gasteiger charge is 2.27. The Morgan fingerprint density at radius 3 is 2.78 bits per heavy atom. The minimum Gasteiger partial charge on any atom is -0.461 e. The van der Waals surface area contributed by atoms with Gasteiger partial charge in [0.15, 0.2) is 5.82 Å². The van der Waals surface area contributed by atoms with Gasteiger partial charge in [-0.1, -0.05) is 19.6 Å². The summed E-state index contributed by atoms with van der Waals surface area (Å²) < 4.78 is 26.8. The Morgan fingerprint density at radius 2 is 2.03 bits per heavy atom. The first-order valence-electron chi connectivity index (χ1n) is 10.9. The average molecular weight is 457 g/mol. The van der Waals surface area contributed by atoms with Crippen molar-refractivity contribution >= 4 is 36.6 Å². The maximum absolute atomic E-state index is 13.7. The molecule has 0 aliphatic carbocycles. The third kappa shape index (κ3) is 4.54. The molecule has 0 N–H and O–H groups in total. The van der Waals surface area contributed by atoms with Crippen LogP contribution in [0.5, 0.6) is 0 Å². The van der Waals surface area contributed by atoms with Gasteiger partial charge in [-0.15, -0.1) is 0 Å². The number of anilines is 2. The van der Waals surface area contributed by atoms with Crippen molar-refractivity contribution in [3.63, 3.8) is 0 Å². The Kier molecular flexibility index (Phi) is 6.30. The zero-order chi connectivity index (χ0) is 22.9. The van der Waals surface area contributed by atoms with Gasteiger partial charge in [-0.25, -0.2) is 19.2 Å². The summed E-state index contributed by atoms with van der Waals surface area (Å²) in [6, 6.07) is 7.54. The highest BCUT2D eigenvalue weighted by molar-refractivity contribution is 6.76. The molecule has 0 spiro atoms. The largest absolute Gasteiger partial charge is 0.461 e. The van der Waals surface area contributed by atoms with Gasteiger partial charge in [0.1, 0.15) is 30.1 Å². The van der Waals surface area contributed by atoms with Crippen molar-refractivity contribution in [1.82, 2.24) is 14.5 Å². The standard InChI is InChI=1S/C23H29FN4O3Si/c1-5-31-23(29)20-13-18-21(28(20)15-30-10-11-32(2,3)4)22(26-14-25-18)27-9-8-16-12-17(24)6-7-19(16)27/h6-7,12-14H,5,8-11,15H2,1-4H3. The fourth-order valence-electron chi connectivity index (χ4n) is 3.91. The van der Waals surface area contributed by atoms with Crippen LogP contribution >= 0.6 is 0 Å². The van der Waals surface area contributed by atoms with E-state index in [0.29, 0.717) is 35.7 Å². The van der Waals surface area contributed by atoms with E-state index in [9.17, 15) is 9.18 Å². The molecule has 0 radical (unpaired) electrons. The Balaban J connectivity index is 1.75. The van der Waals surface area contributed by atoms with E-state index in [1.165, 1.54) is 12.4 Å². The number of benzene rings is 1. The predicted octanol–water partition coefficient (Wildman–Crippen LogP) is 4.75. The summed E-state index contributed by atoms with van der Waals surface area (Å²) in [5.74, 6) is 0.000970. The third-order valence-corrected chi connectivity index (χ3v) is 7.26.